The van der Waals surface area contributed by atoms with Crippen molar-refractivity contribution >= 4 is 43.6 Å². The number of methoxy groups -OCH3 is 2. The Morgan fingerprint density at radius 3 is 2.64 bits per heavy atom. The largest absolute Gasteiger partial charge is 0.495 e. The number of morpholine rings is 1. The molecule has 1 saturated heterocycles. The van der Waals surface area contributed by atoms with E-state index in [1.165, 1.54) is 17.4 Å². The summed E-state index contributed by atoms with van der Waals surface area (Å²) in [5, 5.41) is 0.915. The molecule has 5 rings (SSSR count). The minimum atomic E-state index is -0.420. The van der Waals surface area contributed by atoms with Crippen LogP contribution in [0.3, 0.4) is 0 Å². The highest BCUT2D eigenvalue weighted by molar-refractivity contribution is 7.22. The van der Waals surface area contributed by atoms with Gasteiger partial charge in [-0.2, -0.15) is 0 Å². The summed E-state index contributed by atoms with van der Waals surface area (Å²) < 4.78 is 23.1. The summed E-state index contributed by atoms with van der Waals surface area (Å²) >= 11 is 1.34. The van der Waals surface area contributed by atoms with Crippen molar-refractivity contribution in [3.8, 4) is 11.5 Å². The highest BCUT2D eigenvalue weighted by atomic mass is 32.1. The first-order valence-corrected chi connectivity index (χ1v) is 12.6. The zero-order valence-electron chi connectivity index (χ0n) is 20.2. The minimum absolute atomic E-state index is 0.0248. The Bertz CT molecular complexity index is 1400. The van der Waals surface area contributed by atoms with E-state index in [2.05, 4.69) is 4.90 Å². The van der Waals surface area contributed by atoms with E-state index in [1.54, 1.807) is 49.5 Å². The van der Waals surface area contributed by atoms with Crippen LogP contribution >= 0.6 is 11.3 Å². The molecule has 36 heavy (non-hydrogen) atoms. The van der Waals surface area contributed by atoms with E-state index >= 15 is 0 Å². The van der Waals surface area contributed by atoms with Crippen molar-refractivity contribution in [3.63, 3.8) is 0 Å². The van der Waals surface area contributed by atoms with Crippen molar-refractivity contribution in [2.75, 3.05) is 58.5 Å². The first-order chi connectivity index (χ1) is 17.6. The van der Waals surface area contributed by atoms with Gasteiger partial charge in [0.25, 0.3) is 5.91 Å². The van der Waals surface area contributed by atoms with Crippen LogP contribution in [0, 0.1) is 0 Å². The second-order valence-electron chi connectivity index (χ2n) is 8.38. The van der Waals surface area contributed by atoms with Gasteiger partial charge in [-0.15, -0.1) is 0 Å². The lowest BCUT2D eigenvalue weighted by molar-refractivity contribution is 0.0376. The maximum Gasteiger partial charge on any atom is 0.295 e. The average molecular weight is 510 g/mol. The Hall–Kier alpha value is -3.47. The molecular weight excluding hydrogens is 482 g/mol. The van der Waals surface area contributed by atoms with Crippen molar-refractivity contribution in [1.29, 1.82) is 0 Å². The smallest absolute Gasteiger partial charge is 0.295 e. The third kappa shape index (κ3) is 4.79. The van der Waals surface area contributed by atoms with Gasteiger partial charge in [-0.3, -0.25) is 19.4 Å². The minimum Gasteiger partial charge on any atom is -0.495 e. The molecule has 10 heteroatoms. The number of amides is 1. The number of fused-ring (bicyclic) bond motifs is 2. The van der Waals surface area contributed by atoms with Gasteiger partial charge in [0, 0.05) is 32.2 Å². The Morgan fingerprint density at radius 2 is 1.86 bits per heavy atom. The summed E-state index contributed by atoms with van der Waals surface area (Å²) in [5.74, 6) is 0.791. The number of aromatic nitrogens is 1. The van der Waals surface area contributed by atoms with Crippen LogP contribution in [-0.2, 0) is 4.74 Å². The maximum atomic E-state index is 13.8. The first kappa shape index (κ1) is 24.2. The van der Waals surface area contributed by atoms with Crippen LogP contribution in [0.2, 0.25) is 0 Å². The number of ether oxygens (including phenoxy) is 3. The second kappa shape index (κ2) is 10.7. The molecular formula is C26H27N3O6S. The standard InChI is InChI=1S/C26H27N3O6S/c1-32-20-8-9-21(33-2)24-23(20)27-26(36-24)29(11-5-10-28-12-14-34-15-13-28)25(31)22-16-18(30)17-6-3-4-7-19(17)35-22/h3-4,6-9,16H,5,10-15H2,1-2H3. The molecule has 0 radical (unpaired) electrons. The van der Waals surface area contributed by atoms with Crippen LogP contribution in [0.15, 0.2) is 51.7 Å². The summed E-state index contributed by atoms with van der Waals surface area (Å²) in [6, 6.07) is 11.8. The van der Waals surface area contributed by atoms with Crippen LogP contribution in [0.25, 0.3) is 21.2 Å². The SMILES string of the molecule is COc1ccc(OC)c2sc(N(CCCN3CCOCC3)C(=O)c3cc(=O)c4ccccc4o3)nc12. The molecule has 9 nitrogen and oxygen atoms in total. The van der Waals surface area contributed by atoms with Gasteiger partial charge < -0.3 is 18.6 Å². The van der Waals surface area contributed by atoms with Crippen molar-refractivity contribution < 1.29 is 23.4 Å². The molecule has 0 aliphatic carbocycles. The van der Waals surface area contributed by atoms with E-state index in [4.69, 9.17) is 23.6 Å². The molecule has 2 aromatic carbocycles. The van der Waals surface area contributed by atoms with E-state index in [0.29, 0.717) is 59.3 Å². The molecule has 1 fully saturated rings. The summed E-state index contributed by atoms with van der Waals surface area (Å²) in [7, 11) is 3.17. The summed E-state index contributed by atoms with van der Waals surface area (Å²) in [5.41, 5.74) is 0.721. The van der Waals surface area contributed by atoms with Gasteiger partial charge in [0.15, 0.2) is 16.3 Å². The highest BCUT2D eigenvalue weighted by Crippen LogP contribution is 2.40. The zero-order chi connectivity index (χ0) is 25.1. The molecule has 2 aromatic heterocycles. The number of anilines is 1. The lowest BCUT2D eigenvalue weighted by Crippen LogP contribution is -2.39. The Morgan fingerprint density at radius 1 is 1.11 bits per heavy atom. The topological polar surface area (TPSA) is 94.3 Å². The molecule has 188 valence electrons. The van der Waals surface area contributed by atoms with E-state index in [-0.39, 0.29) is 11.2 Å². The molecule has 0 N–H and O–H groups in total. The van der Waals surface area contributed by atoms with Gasteiger partial charge in [-0.25, -0.2) is 4.98 Å². The van der Waals surface area contributed by atoms with E-state index in [1.807, 2.05) is 6.07 Å². The quantitative estimate of drug-likeness (QED) is 0.354. The molecule has 1 aliphatic rings. The number of hydrogen-bond acceptors (Lipinski definition) is 9. The van der Waals surface area contributed by atoms with Crippen LogP contribution in [-0.4, -0.2) is 69.4 Å². The monoisotopic (exact) mass is 509 g/mol. The van der Waals surface area contributed by atoms with Gasteiger partial charge in [0.05, 0.1) is 32.8 Å². The molecule has 0 unspecified atom stereocenters. The van der Waals surface area contributed by atoms with Crippen molar-refractivity contribution in [3.05, 3.63) is 58.4 Å². The number of carbonyl (C=O) groups excluding carboxylic acids is 1. The number of thiazole rings is 1. The lowest BCUT2D eigenvalue weighted by atomic mass is 10.2. The number of para-hydroxylation sites is 1. The molecule has 0 bridgehead atoms. The normalized spacial score (nSPS) is 14.3. The second-order valence-corrected chi connectivity index (χ2v) is 9.36. The number of hydrogen-bond donors (Lipinski definition) is 0. The fraction of sp³-hybridized carbons (Fsp3) is 0.346. The maximum absolute atomic E-state index is 13.8. The average Bonchev–Trinajstić information content (AvgIpc) is 3.36. The van der Waals surface area contributed by atoms with Gasteiger partial charge >= 0.3 is 0 Å². The fourth-order valence-corrected chi connectivity index (χ4v) is 5.39. The molecule has 0 spiro atoms. The third-order valence-corrected chi connectivity index (χ3v) is 7.27. The number of benzene rings is 2. The molecule has 1 aliphatic heterocycles. The van der Waals surface area contributed by atoms with E-state index < -0.39 is 5.91 Å². The lowest BCUT2D eigenvalue weighted by Gasteiger charge is -2.27. The molecule has 4 aromatic rings. The highest BCUT2D eigenvalue weighted by Gasteiger charge is 2.26. The molecule has 1 amide bonds. The van der Waals surface area contributed by atoms with Crippen LogP contribution in [0.5, 0.6) is 11.5 Å². The number of rotatable bonds is 8. The Kier molecular flexibility index (Phi) is 7.17. The van der Waals surface area contributed by atoms with Crippen LogP contribution in [0.1, 0.15) is 17.0 Å². The number of carbonyl (C=O) groups is 1. The van der Waals surface area contributed by atoms with Gasteiger partial charge in [-0.1, -0.05) is 23.5 Å². The van der Waals surface area contributed by atoms with Crippen molar-refractivity contribution in [2.45, 2.75) is 6.42 Å². The van der Waals surface area contributed by atoms with Gasteiger partial charge in [0.2, 0.25) is 0 Å². The van der Waals surface area contributed by atoms with E-state index in [9.17, 15) is 9.59 Å². The van der Waals surface area contributed by atoms with Gasteiger partial charge in [0.1, 0.15) is 27.3 Å². The zero-order valence-corrected chi connectivity index (χ0v) is 21.0. The summed E-state index contributed by atoms with van der Waals surface area (Å²) in [4.78, 5) is 35.1. The van der Waals surface area contributed by atoms with Crippen LogP contribution in [0.4, 0.5) is 5.13 Å². The first-order valence-electron chi connectivity index (χ1n) is 11.8. The fourth-order valence-electron chi connectivity index (χ4n) is 4.29. The third-order valence-electron chi connectivity index (χ3n) is 6.18. The van der Waals surface area contributed by atoms with Crippen molar-refractivity contribution in [1.82, 2.24) is 9.88 Å². The van der Waals surface area contributed by atoms with E-state index in [0.717, 1.165) is 24.3 Å². The molecule has 3 heterocycles. The molecule has 0 saturated carbocycles. The Labute approximate surface area is 211 Å². The Balaban J connectivity index is 1.52. The van der Waals surface area contributed by atoms with Crippen molar-refractivity contribution in [2.24, 2.45) is 0 Å². The predicted octanol–water partition coefficient (Wildman–Crippen LogP) is 3.79. The molecule has 0 atom stereocenters. The number of nitrogens with zero attached hydrogens (tertiary/aromatic N) is 3. The van der Waals surface area contributed by atoms with Crippen LogP contribution < -0.4 is 19.8 Å². The summed E-state index contributed by atoms with van der Waals surface area (Å²) in [6.45, 7) is 4.36. The van der Waals surface area contributed by atoms with Gasteiger partial charge in [-0.05, 0) is 30.7 Å². The predicted molar refractivity (Wildman–Crippen MR) is 139 cm³/mol. The summed E-state index contributed by atoms with van der Waals surface area (Å²) in [6.07, 6.45) is 0.716.